The highest BCUT2D eigenvalue weighted by Gasteiger charge is 2.31. The highest BCUT2D eigenvalue weighted by Crippen LogP contribution is 2.31. The summed E-state index contributed by atoms with van der Waals surface area (Å²) in [6.45, 7) is 7.44. The van der Waals surface area contributed by atoms with Crippen molar-refractivity contribution in [3.05, 3.63) is 23.3 Å². The number of carbonyl (C=O) groups is 1. The van der Waals surface area contributed by atoms with E-state index in [0.717, 1.165) is 12.0 Å². The Morgan fingerprint density at radius 3 is 2.52 bits per heavy atom. The third-order valence-corrected chi connectivity index (χ3v) is 6.56. The number of ether oxygens (including phenoxy) is 1. The number of sulfonamides is 1. The number of benzene rings is 1. The molecule has 1 saturated heterocycles. The van der Waals surface area contributed by atoms with Crippen molar-refractivity contribution in [3.63, 3.8) is 0 Å². The van der Waals surface area contributed by atoms with Crippen molar-refractivity contribution in [1.82, 2.24) is 9.21 Å². The molecular formula is C18H28N2O4S. The van der Waals surface area contributed by atoms with Gasteiger partial charge in [0.05, 0.1) is 7.11 Å². The molecule has 1 heterocycles. The van der Waals surface area contributed by atoms with Crippen LogP contribution in [0, 0.1) is 13.8 Å². The number of methoxy groups -OCH3 is 1. The van der Waals surface area contributed by atoms with E-state index in [4.69, 9.17) is 4.74 Å². The Hall–Kier alpha value is -1.60. The van der Waals surface area contributed by atoms with Gasteiger partial charge < -0.3 is 9.64 Å². The molecule has 1 aliphatic heterocycles. The van der Waals surface area contributed by atoms with Crippen LogP contribution in [0.5, 0.6) is 5.75 Å². The Morgan fingerprint density at radius 2 is 1.88 bits per heavy atom. The van der Waals surface area contributed by atoms with Gasteiger partial charge in [0.2, 0.25) is 15.9 Å². The van der Waals surface area contributed by atoms with Gasteiger partial charge in [0.1, 0.15) is 10.6 Å². The van der Waals surface area contributed by atoms with E-state index in [2.05, 4.69) is 0 Å². The van der Waals surface area contributed by atoms with Gasteiger partial charge in [-0.1, -0.05) is 13.0 Å². The molecule has 0 saturated carbocycles. The first-order valence-electron chi connectivity index (χ1n) is 8.74. The fourth-order valence-electron chi connectivity index (χ4n) is 3.28. The Labute approximate surface area is 150 Å². The van der Waals surface area contributed by atoms with Crippen LogP contribution < -0.4 is 4.74 Å². The monoisotopic (exact) mass is 368 g/mol. The molecule has 0 radical (unpaired) electrons. The molecule has 0 bridgehead atoms. The Kier molecular flexibility index (Phi) is 6.46. The summed E-state index contributed by atoms with van der Waals surface area (Å²) in [6.07, 6.45) is 1.96. The van der Waals surface area contributed by atoms with Crippen molar-refractivity contribution in [3.8, 4) is 5.75 Å². The average Bonchev–Trinajstić information content (AvgIpc) is 2.80. The molecule has 7 heteroatoms. The van der Waals surface area contributed by atoms with Crippen LogP contribution in [0.3, 0.4) is 0 Å². The molecular weight excluding hydrogens is 340 g/mol. The summed E-state index contributed by atoms with van der Waals surface area (Å²) in [6, 6.07) is 3.60. The minimum Gasteiger partial charge on any atom is -0.495 e. The van der Waals surface area contributed by atoms with Gasteiger partial charge in [-0.05, 0) is 43.9 Å². The van der Waals surface area contributed by atoms with Crippen molar-refractivity contribution in [2.75, 3.05) is 33.3 Å². The maximum Gasteiger partial charge on any atom is 0.247 e. The van der Waals surface area contributed by atoms with Crippen molar-refractivity contribution in [2.24, 2.45) is 0 Å². The Bertz CT molecular complexity index is 731. The van der Waals surface area contributed by atoms with Crippen LogP contribution in [-0.2, 0) is 14.8 Å². The number of nitrogens with zero attached hydrogens (tertiary/aromatic N) is 2. The molecule has 1 aromatic rings. The summed E-state index contributed by atoms with van der Waals surface area (Å²) in [7, 11) is -2.18. The number of hydrogen-bond acceptors (Lipinski definition) is 4. The molecule has 1 amide bonds. The van der Waals surface area contributed by atoms with Gasteiger partial charge in [0, 0.05) is 32.6 Å². The molecule has 0 unspecified atom stereocenters. The normalized spacial score (nSPS) is 16.6. The second-order valence-corrected chi connectivity index (χ2v) is 8.38. The number of amides is 1. The predicted octanol–water partition coefficient (Wildman–Crippen LogP) is 2.34. The molecule has 0 aliphatic carbocycles. The molecule has 140 valence electrons. The zero-order valence-electron chi connectivity index (χ0n) is 15.5. The van der Waals surface area contributed by atoms with Gasteiger partial charge in [0.15, 0.2) is 0 Å². The summed E-state index contributed by atoms with van der Waals surface area (Å²) in [4.78, 5) is 14.1. The zero-order chi connectivity index (χ0) is 18.6. The lowest BCUT2D eigenvalue weighted by atomic mass is 10.1. The SMILES string of the molecule is CCCC(=O)N1CCCN(S(=O)(=O)c2c(C)cc(C)cc2OC)CC1. The van der Waals surface area contributed by atoms with E-state index in [-0.39, 0.29) is 10.8 Å². The lowest BCUT2D eigenvalue weighted by Gasteiger charge is -2.23. The van der Waals surface area contributed by atoms with Gasteiger partial charge in [0.25, 0.3) is 0 Å². The Balaban J connectivity index is 2.28. The van der Waals surface area contributed by atoms with Crippen LogP contribution in [0.2, 0.25) is 0 Å². The van der Waals surface area contributed by atoms with Crippen LogP contribution in [0.1, 0.15) is 37.3 Å². The second kappa shape index (κ2) is 8.19. The highest BCUT2D eigenvalue weighted by molar-refractivity contribution is 7.89. The maximum atomic E-state index is 13.2. The van der Waals surface area contributed by atoms with E-state index < -0.39 is 10.0 Å². The lowest BCUT2D eigenvalue weighted by Crippen LogP contribution is -2.37. The second-order valence-electron chi connectivity index (χ2n) is 6.50. The molecule has 1 aromatic carbocycles. The highest BCUT2D eigenvalue weighted by atomic mass is 32.2. The molecule has 1 aliphatic rings. The minimum absolute atomic E-state index is 0.103. The smallest absolute Gasteiger partial charge is 0.247 e. The van der Waals surface area contributed by atoms with Gasteiger partial charge >= 0.3 is 0 Å². The first kappa shape index (κ1) is 19.7. The largest absolute Gasteiger partial charge is 0.495 e. The van der Waals surface area contributed by atoms with Gasteiger partial charge in [-0.3, -0.25) is 4.79 Å². The van der Waals surface area contributed by atoms with Crippen LogP contribution in [-0.4, -0.2) is 56.8 Å². The molecule has 0 atom stereocenters. The summed E-state index contributed by atoms with van der Waals surface area (Å²) >= 11 is 0. The van der Waals surface area contributed by atoms with Crippen molar-refractivity contribution in [1.29, 1.82) is 0 Å². The molecule has 1 fully saturated rings. The average molecular weight is 368 g/mol. The minimum atomic E-state index is -3.67. The first-order valence-corrected chi connectivity index (χ1v) is 10.2. The van der Waals surface area contributed by atoms with E-state index in [0.29, 0.717) is 50.3 Å². The molecule has 0 N–H and O–H groups in total. The van der Waals surface area contributed by atoms with Gasteiger partial charge in [-0.15, -0.1) is 0 Å². The number of hydrogen-bond donors (Lipinski definition) is 0. The van der Waals surface area contributed by atoms with Gasteiger partial charge in [-0.25, -0.2) is 8.42 Å². The summed E-state index contributed by atoms with van der Waals surface area (Å²) in [5, 5.41) is 0. The number of rotatable bonds is 5. The lowest BCUT2D eigenvalue weighted by molar-refractivity contribution is -0.131. The molecule has 25 heavy (non-hydrogen) atoms. The van der Waals surface area contributed by atoms with Crippen LogP contribution in [0.25, 0.3) is 0 Å². The number of aryl methyl sites for hydroxylation is 2. The summed E-state index contributed by atoms with van der Waals surface area (Å²) in [5.41, 5.74) is 1.64. The quantitative estimate of drug-likeness (QED) is 0.800. The van der Waals surface area contributed by atoms with E-state index >= 15 is 0 Å². The fraction of sp³-hybridized carbons (Fsp3) is 0.611. The van der Waals surface area contributed by atoms with Crippen LogP contribution >= 0.6 is 0 Å². The molecule has 0 spiro atoms. The summed E-state index contributed by atoms with van der Waals surface area (Å²) in [5.74, 6) is 0.478. The van der Waals surface area contributed by atoms with Crippen molar-refractivity contribution >= 4 is 15.9 Å². The maximum absolute atomic E-state index is 13.2. The van der Waals surface area contributed by atoms with Crippen LogP contribution in [0.4, 0.5) is 0 Å². The molecule has 6 nitrogen and oxygen atoms in total. The topological polar surface area (TPSA) is 66.9 Å². The van der Waals surface area contributed by atoms with E-state index in [1.54, 1.807) is 17.9 Å². The van der Waals surface area contributed by atoms with E-state index in [1.165, 1.54) is 11.4 Å². The van der Waals surface area contributed by atoms with Crippen molar-refractivity contribution < 1.29 is 17.9 Å². The van der Waals surface area contributed by atoms with Crippen molar-refractivity contribution in [2.45, 2.75) is 44.9 Å². The number of carbonyl (C=O) groups excluding carboxylic acids is 1. The fourth-order valence-corrected chi connectivity index (χ4v) is 5.09. The third kappa shape index (κ3) is 4.33. The van der Waals surface area contributed by atoms with E-state index in [1.807, 2.05) is 19.9 Å². The standard InChI is InChI=1S/C18H28N2O4S/c1-5-7-17(21)19-8-6-9-20(11-10-19)25(22,23)18-15(3)12-14(2)13-16(18)24-4/h12-13H,5-11H2,1-4H3. The molecule has 2 rings (SSSR count). The first-order chi connectivity index (χ1) is 11.8. The van der Waals surface area contributed by atoms with Gasteiger partial charge in [-0.2, -0.15) is 4.31 Å². The zero-order valence-corrected chi connectivity index (χ0v) is 16.4. The molecule has 0 aromatic heterocycles. The van der Waals surface area contributed by atoms with Crippen LogP contribution in [0.15, 0.2) is 17.0 Å². The summed E-state index contributed by atoms with van der Waals surface area (Å²) < 4.78 is 33.2. The predicted molar refractivity (Wildman–Crippen MR) is 97.3 cm³/mol. The third-order valence-electron chi connectivity index (χ3n) is 4.47. The van der Waals surface area contributed by atoms with E-state index in [9.17, 15) is 13.2 Å². The Morgan fingerprint density at radius 1 is 1.16 bits per heavy atom.